The molecule has 0 aliphatic carbocycles. The number of benzene rings is 1. The Morgan fingerprint density at radius 1 is 1.21 bits per heavy atom. The molecule has 0 aliphatic rings. The maximum absolute atomic E-state index is 12.8. The third kappa shape index (κ3) is 4.20. The van der Waals surface area contributed by atoms with Gasteiger partial charge in [-0.3, -0.25) is 9.20 Å². The average molecular weight is 438 g/mol. The van der Waals surface area contributed by atoms with Crippen molar-refractivity contribution >= 4 is 28.1 Å². The van der Waals surface area contributed by atoms with Crippen molar-refractivity contribution in [3.63, 3.8) is 0 Å². The number of thioether (sulfide) groups is 1. The quantitative estimate of drug-likeness (QED) is 0.455. The lowest BCUT2D eigenvalue weighted by Gasteiger charge is -2.06. The third-order valence-corrected chi connectivity index (χ3v) is 5.91. The molecule has 0 radical (unpaired) electrons. The van der Waals surface area contributed by atoms with Gasteiger partial charge < -0.3 is 4.52 Å². The molecule has 150 valence electrons. The number of nitrogens with zero attached hydrogens (tertiary/aromatic N) is 4. The van der Waals surface area contributed by atoms with Gasteiger partial charge in [0, 0.05) is 28.5 Å². The van der Waals surface area contributed by atoms with Gasteiger partial charge in [-0.1, -0.05) is 17.3 Å². The first-order chi connectivity index (χ1) is 13.8. The fourth-order valence-electron chi connectivity index (χ4n) is 2.68. The average Bonchev–Trinajstić information content (AvgIpc) is 3.29. The van der Waals surface area contributed by atoms with Gasteiger partial charge in [0.2, 0.25) is 11.7 Å². The van der Waals surface area contributed by atoms with E-state index in [9.17, 15) is 18.0 Å². The van der Waals surface area contributed by atoms with E-state index in [0.717, 1.165) is 17.8 Å². The molecule has 4 aromatic rings. The van der Waals surface area contributed by atoms with Gasteiger partial charge in [0.1, 0.15) is 0 Å². The Labute approximate surface area is 170 Å². The van der Waals surface area contributed by atoms with Gasteiger partial charge in [-0.05, 0) is 19.1 Å². The molecule has 0 N–H and O–H groups in total. The molecule has 0 atom stereocenters. The van der Waals surface area contributed by atoms with E-state index in [4.69, 9.17) is 4.52 Å². The van der Waals surface area contributed by atoms with Crippen LogP contribution in [0.5, 0.6) is 0 Å². The highest BCUT2D eigenvalue weighted by Crippen LogP contribution is 2.31. The van der Waals surface area contributed by atoms with E-state index in [1.165, 1.54) is 41.3 Å². The number of hydrogen-bond acceptors (Lipinski definition) is 7. The van der Waals surface area contributed by atoms with Gasteiger partial charge in [-0.25, -0.2) is 4.98 Å². The first-order valence-corrected chi connectivity index (χ1v) is 10.4. The minimum atomic E-state index is -4.44. The molecule has 0 spiro atoms. The summed E-state index contributed by atoms with van der Waals surface area (Å²) in [5.74, 6) is 1.19. The van der Waals surface area contributed by atoms with Crippen LogP contribution in [0.25, 0.3) is 16.3 Å². The normalized spacial score (nSPS) is 12.0. The second-order valence-electron chi connectivity index (χ2n) is 6.16. The molecule has 29 heavy (non-hydrogen) atoms. The van der Waals surface area contributed by atoms with E-state index in [-0.39, 0.29) is 22.8 Å². The van der Waals surface area contributed by atoms with Crippen LogP contribution in [0, 0.1) is 6.92 Å². The molecule has 0 saturated carbocycles. The van der Waals surface area contributed by atoms with Crippen molar-refractivity contribution in [2.24, 2.45) is 0 Å². The summed E-state index contributed by atoms with van der Waals surface area (Å²) in [5.41, 5.74) is 0.809. The zero-order valence-electron chi connectivity index (χ0n) is 14.9. The zero-order valence-corrected chi connectivity index (χ0v) is 16.6. The topological polar surface area (TPSA) is 73.3 Å². The molecule has 11 heteroatoms. The maximum atomic E-state index is 12.8. The largest absolute Gasteiger partial charge is 0.416 e. The smallest absolute Gasteiger partial charge is 0.338 e. The number of aromatic nitrogens is 4. The van der Waals surface area contributed by atoms with Crippen molar-refractivity contribution in [2.75, 3.05) is 0 Å². The monoisotopic (exact) mass is 438 g/mol. The number of aryl methyl sites for hydroxylation is 1. The SMILES string of the molecule is Cc1csc2nc(CSCc3nc(-c4cccc(C(F)(F)F)c4)no3)cc(=O)n12. The van der Waals surface area contributed by atoms with Crippen LogP contribution < -0.4 is 5.56 Å². The number of thiazole rings is 1. The maximum Gasteiger partial charge on any atom is 0.416 e. The fourth-order valence-corrected chi connectivity index (χ4v) is 4.32. The van der Waals surface area contributed by atoms with Crippen LogP contribution in [-0.4, -0.2) is 19.5 Å². The van der Waals surface area contributed by atoms with Crippen LogP contribution in [0.2, 0.25) is 0 Å². The second kappa shape index (κ2) is 7.64. The molecule has 3 heterocycles. The Hall–Kier alpha value is -2.66. The van der Waals surface area contributed by atoms with Crippen LogP contribution in [0.3, 0.4) is 0 Å². The number of rotatable bonds is 5. The van der Waals surface area contributed by atoms with Gasteiger partial charge in [0.25, 0.3) is 5.56 Å². The summed E-state index contributed by atoms with van der Waals surface area (Å²) >= 11 is 2.81. The lowest BCUT2D eigenvalue weighted by atomic mass is 10.1. The first kappa shape index (κ1) is 19.6. The molecule has 6 nitrogen and oxygen atoms in total. The number of alkyl halides is 3. The molecular formula is C18H13F3N4O2S2. The van der Waals surface area contributed by atoms with Crippen molar-refractivity contribution in [2.45, 2.75) is 24.6 Å². The van der Waals surface area contributed by atoms with Gasteiger partial charge in [-0.15, -0.1) is 23.1 Å². The van der Waals surface area contributed by atoms with Crippen LogP contribution in [0.4, 0.5) is 13.2 Å². The Morgan fingerprint density at radius 3 is 2.83 bits per heavy atom. The van der Waals surface area contributed by atoms with Crippen molar-refractivity contribution in [3.8, 4) is 11.4 Å². The van der Waals surface area contributed by atoms with E-state index < -0.39 is 11.7 Å². The van der Waals surface area contributed by atoms with E-state index in [0.29, 0.717) is 22.2 Å². The lowest BCUT2D eigenvalue weighted by molar-refractivity contribution is -0.137. The van der Waals surface area contributed by atoms with E-state index >= 15 is 0 Å². The van der Waals surface area contributed by atoms with E-state index in [2.05, 4.69) is 15.1 Å². The second-order valence-corrected chi connectivity index (χ2v) is 7.99. The first-order valence-electron chi connectivity index (χ1n) is 8.36. The predicted molar refractivity (Wildman–Crippen MR) is 104 cm³/mol. The highest BCUT2D eigenvalue weighted by molar-refractivity contribution is 7.97. The summed E-state index contributed by atoms with van der Waals surface area (Å²) in [6.45, 7) is 1.85. The zero-order chi connectivity index (χ0) is 20.6. The molecule has 0 bridgehead atoms. The van der Waals surface area contributed by atoms with Gasteiger partial charge in [-0.2, -0.15) is 18.2 Å². The Kier molecular flexibility index (Phi) is 5.17. The molecule has 0 aliphatic heterocycles. The van der Waals surface area contributed by atoms with Crippen LogP contribution in [-0.2, 0) is 17.7 Å². The van der Waals surface area contributed by atoms with Gasteiger partial charge in [0.15, 0.2) is 4.96 Å². The fraction of sp³-hybridized carbons (Fsp3) is 0.222. The van der Waals surface area contributed by atoms with E-state index in [1.54, 1.807) is 4.40 Å². The standard InChI is InChI=1S/C18H13F3N4O2S2/c1-10-7-29-17-22-13(6-15(26)25(10)17)8-28-9-14-23-16(24-27-14)11-3-2-4-12(5-11)18(19,20)21/h2-7H,8-9H2,1H3. The van der Waals surface area contributed by atoms with Crippen molar-refractivity contribution < 1.29 is 17.7 Å². The summed E-state index contributed by atoms with van der Waals surface area (Å²) in [4.78, 5) is 21.4. The summed E-state index contributed by atoms with van der Waals surface area (Å²) in [6.07, 6.45) is -4.44. The Bertz CT molecular complexity index is 1230. The minimum Gasteiger partial charge on any atom is -0.338 e. The molecular weight excluding hydrogens is 425 g/mol. The van der Waals surface area contributed by atoms with Gasteiger partial charge in [0.05, 0.1) is 17.0 Å². The molecule has 3 aromatic heterocycles. The van der Waals surface area contributed by atoms with Crippen molar-refractivity contribution in [1.82, 2.24) is 19.5 Å². The Balaban J connectivity index is 1.43. The molecule has 0 fully saturated rings. The predicted octanol–water partition coefficient (Wildman–Crippen LogP) is 4.57. The highest BCUT2D eigenvalue weighted by Gasteiger charge is 2.30. The summed E-state index contributed by atoms with van der Waals surface area (Å²) in [7, 11) is 0. The highest BCUT2D eigenvalue weighted by atomic mass is 32.2. The van der Waals surface area contributed by atoms with Crippen LogP contribution in [0.15, 0.2) is 45.0 Å². The molecule has 1 aromatic carbocycles. The number of fused-ring (bicyclic) bond motifs is 1. The third-order valence-electron chi connectivity index (χ3n) is 4.02. The lowest BCUT2D eigenvalue weighted by Crippen LogP contribution is -2.14. The molecule has 0 saturated heterocycles. The summed E-state index contributed by atoms with van der Waals surface area (Å²) in [5, 5.41) is 5.63. The molecule has 0 amide bonds. The molecule has 4 rings (SSSR count). The number of halogens is 3. The van der Waals surface area contributed by atoms with Crippen molar-refractivity contribution in [1.29, 1.82) is 0 Å². The van der Waals surface area contributed by atoms with Crippen LogP contribution in [0.1, 0.15) is 22.8 Å². The van der Waals surface area contributed by atoms with Crippen LogP contribution >= 0.6 is 23.1 Å². The molecule has 0 unspecified atom stereocenters. The minimum absolute atomic E-state index is 0.0959. The van der Waals surface area contributed by atoms with E-state index in [1.807, 2.05) is 12.3 Å². The summed E-state index contributed by atoms with van der Waals surface area (Å²) < 4.78 is 45.2. The Morgan fingerprint density at radius 2 is 2.03 bits per heavy atom. The number of hydrogen-bond donors (Lipinski definition) is 0. The summed E-state index contributed by atoms with van der Waals surface area (Å²) in [6, 6.07) is 6.25. The van der Waals surface area contributed by atoms with Crippen molar-refractivity contribution in [3.05, 3.63) is 68.9 Å². The van der Waals surface area contributed by atoms with Gasteiger partial charge >= 0.3 is 6.18 Å².